The number of fused-ring (bicyclic) bond motifs is 1. The number of nitrogens with two attached hydrogens (primary N) is 1. The summed E-state index contributed by atoms with van der Waals surface area (Å²) in [5.74, 6) is 0. The molecule has 1 unspecified atom stereocenters. The largest absolute Gasteiger partial charge is 0.321 e. The highest BCUT2D eigenvalue weighted by atomic mass is 32.1. The number of thiophene rings is 1. The van der Waals surface area contributed by atoms with Crippen molar-refractivity contribution in [2.75, 3.05) is 0 Å². The van der Waals surface area contributed by atoms with Gasteiger partial charge in [0.2, 0.25) is 0 Å². The minimum atomic E-state index is -0.275. The van der Waals surface area contributed by atoms with Gasteiger partial charge in [-0.1, -0.05) is 25.1 Å². The summed E-state index contributed by atoms with van der Waals surface area (Å²) >= 11 is 1.90. The lowest BCUT2D eigenvalue weighted by atomic mass is 9.83. The van der Waals surface area contributed by atoms with Crippen LogP contribution < -0.4 is 5.73 Å². The van der Waals surface area contributed by atoms with Crippen LogP contribution >= 0.6 is 11.3 Å². The van der Waals surface area contributed by atoms with E-state index < -0.39 is 0 Å². The summed E-state index contributed by atoms with van der Waals surface area (Å²) in [6.45, 7) is 4.38. The Hall–Kier alpha value is -1.12. The first kappa shape index (κ1) is 14.8. The third kappa shape index (κ3) is 3.22. The number of hydrogen-bond donors (Lipinski definition) is 1. The second kappa shape index (κ2) is 5.94. The molecule has 2 N–H and O–H groups in total. The van der Waals surface area contributed by atoms with Crippen molar-refractivity contribution in [2.45, 2.75) is 57.9 Å². The monoisotopic (exact) mass is 299 g/mol. The first-order valence-electron chi connectivity index (χ1n) is 8.07. The zero-order valence-electron chi connectivity index (χ0n) is 13.1. The van der Waals surface area contributed by atoms with Gasteiger partial charge in [-0.25, -0.2) is 0 Å². The molecule has 3 rings (SSSR count). The van der Waals surface area contributed by atoms with E-state index in [9.17, 15) is 0 Å². The molecule has 1 aromatic heterocycles. The van der Waals surface area contributed by atoms with Crippen LogP contribution in [0.4, 0.5) is 0 Å². The van der Waals surface area contributed by atoms with Crippen LogP contribution in [0.2, 0.25) is 0 Å². The molecule has 0 spiro atoms. The summed E-state index contributed by atoms with van der Waals surface area (Å²) in [7, 11) is 0. The number of benzene rings is 1. The molecule has 1 nitrogen and oxygen atoms in total. The smallest absolute Gasteiger partial charge is 0.0429 e. The SMILES string of the molecule is CCc1ccc(CC(C)(N)c2ccc3c(c2)CCCC3)s1. The van der Waals surface area contributed by atoms with Crippen LogP contribution in [0.5, 0.6) is 0 Å². The van der Waals surface area contributed by atoms with Gasteiger partial charge in [-0.05, 0) is 67.9 Å². The Balaban J connectivity index is 1.83. The van der Waals surface area contributed by atoms with Gasteiger partial charge in [-0.2, -0.15) is 0 Å². The average molecular weight is 299 g/mol. The van der Waals surface area contributed by atoms with Gasteiger partial charge in [0.05, 0.1) is 0 Å². The quantitative estimate of drug-likeness (QED) is 0.877. The average Bonchev–Trinajstić information content (AvgIpc) is 2.93. The van der Waals surface area contributed by atoms with Crippen LogP contribution in [0.3, 0.4) is 0 Å². The second-order valence-corrected chi connectivity index (χ2v) is 7.76. The molecule has 1 aromatic carbocycles. The fraction of sp³-hybridized carbons (Fsp3) is 0.474. The molecule has 21 heavy (non-hydrogen) atoms. The molecule has 1 aliphatic rings. The number of hydrogen-bond acceptors (Lipinski definition) is 2. The van der Waals surface area contributed by atoms with Crippen molar-refractivity contribution in [3.8, 4) is 0 Å². The van der Waals surface area contributed by atoms with Gasteiger partial charge in [0.1, 0.15) is 0 Å². The molecular weight excluding hydrogens is 274 g/mol. The fourth-order valence-corrected chi connectivity index (χ4v) is 4.39. The molecule has 0 saturated carbocycles. The van der Waals surface area contributed by atoms with E-state index in [0.29, 0.717) is 0 Å². The summed E-state index contributed by atoms with van der Waals surface area (Å²) in [6.07, 6.45) is 7.16. The van der Waals surface area contributed by atoms with Gasteiger partial charge in [-0.3, -0.25) is 0 Å². The van der Waals surface area contributed by atoms with Crippen molar-refractivity contribution in [3.05, 3.63) is 56.8 Å². The molecule has 1 aliphatic carbocycles. The molecule has 2 heteroatoms. The van der Waals surface area contributed by atoms with E-state index in [2.05, 4.69) is 44.2 Å². The standard InChI is InChI=1S/C19H25NS/c1-3-17-10-11-18(21-17)13-19(2,20)16-9-8-14-6-4-5-7-15(14)12-16/h8-12H,3-7,13,20H2,1-2H3. The molecule has 1 heterocycles. The van der Waals surface area contributed by atoms with Gasteiger partial charge in [0.25, 0.3) is 0 Å². The number of aryl methyl sites for hydroxylation is 3. The summed E-state index contributed by atoms with van der Waals surface area (Å²) in [5, 5.41) is 0. The van der Waals surface area contributed by atoms with Gasteiger partial charge >= 0.3 is 0 Å². The molecule has 0 fully saturated rings. The minimum Gasteiger partial charge on any atom is -0.321 e. The summed E-state index contributed by atoms with van der Waals surface area (Å²) in [4.78, 5) is 2.85. The molecule has 0 radical (unpaired) electrons. The van der Waals surface area contributed by atoms with E-state index in [1.54, 1.807) is 0 Å². The molecule has 112 valence electrons. The van der Waals surface area contributed by atoms with Crippen molar-refractivity contribution >= 4 is 11.3 Å². The highest BCUT2D eigenvalue weighted by Gasteiger charge is 2.24. The molecule has 2 aromatic rings. The van der Waals surface area contributed by atoms with E-state index >= 15 is 0 Å². The van der Waals surface area contributed by atoms with Crippen molar-refractivity contribution in [3.63, 3.8) is 0 Å². The van der Waals surface area contributed by atoms with E-state index in [4.69, 9.17) is 5.73 Å². The molecule has 0 aliphatic heterocycles. The molecular formula is C19H25NS. The van der Waals surface area contributed by atoms with Crippen molar-refractivity contribution in [1.82, 2.24) is 0 Å². The van der Waals surface area contributed by atoms with E-state index in [0.717, 1.165) is 12.8 Å². The van der Waals surface area contributed by atoms with Crippen LogP contribution in [0.25, 0.3) is 0 Å². The predicted octanol–water partition coefficient (Wildman–Crippen LogP) is 4.61. The van der Waals surface area contributed by atoms with Crippen LogP contribution in [-0.4, -0.2) is 0 Å². The topological polar surface area (TPSA) is 26.0 Å². The summed E-state index contributed by atoms with van der Waals surface area (Å²) in [6, 6.07) is 11.4. The van der Waals surface area contributed by atoms with Crippen molar-refractivity contribution < 1.29 is 0 Å². The van der Waals surface area contributed by atoms with Gasteiger partial charge in [-0.15, -0.1) is 11.3 Å². The van der Waals surface area contributed by atoms with Crippen molar-refractivity contribution in [1.29, 1.82) is 0 Å². The maximum Gasteiger partial charge on any atom is 0.0429 e. The van der Waals surface area contributed by atoms with E-state index in [1.165, 1.54) is 52.1 Å². The minimum absolute atomic E-state index is 0.275. The first-order valence-corrected chi connectivity index (χ1v) is 8.89. The highest BCUT2D eigenvalue weighted by molar-refractivity contribution is 7.12. The Bertz CT molecular complexity index is 624. The first-order chi connectivity index (χ1) is 10.1. The van der Waals surface area contributed by atoms with E-state index in [1.807, 2.05) is 11.3 Å². The highest BCUT2D eigenvalue weighted by Crippen LogP contribution is 2.30. The second-order valence-electron chi connectivity index (χ2n) is 6.51. The third-order valence-corrected chi connectivity index (χ3v) is 5.84. The third-order valence-electron chi connectivity index (χ3n) is 4.62. The molecule has 0 saturated heterocycles. The van der Waals surface area contributed by atoms with Crippen LogP contribution in [0.1, 0.15) is 53.1 Å². The molecule has 0 amide bonds. The van der Waals surface area contributed by atoms with E-state index in [-0.39, 0.29) is 5.54 Å². The Morgan fingerprint density at radius 1 is 1.05 bits per heavy atom. The fourth-order valence-electron chi connectivity index (χ4n) is 3.26. The van der Waals surface area contributed by atoms with Gasteiger partial charge in [0, 0.05) is 21.7 Å². The molecule has 1 atom stereocenters. The lowest BCUT2D eigenvalue weighted by molar-refractivity contribution is 0.494. The summed E-state index contributed by atoms with van der Waals surface area (Å²) < 4.78 is 0. The Morgan fingerprint density at radius 3 is 2.48 bits per heavy atom. The zero-order valence-corrected chi connectivity index (χ0v) is 13.9. The Labute approximate surface area is 132 Å². The predicted molar refractivity (Wildman–Crippen MR) is 92.0 cm³/mol. The van der Waals surface area contributed by atoms with Crippen molar-refractivity contribution in [2.24, 2.45) is 5.73 Å². The van der Waals surface area contributed by atoms with Crippen LogP contribution in [0, 0.1) is 0 Å². The zero-order chi connectivity index (χ0) is 14.9. The lowest BCUT2D eigenvalue weighted by Crippen LogP contribution is -2.35. The summed E-state index contributed by atoms with van der Waals surface area (Å²) in [5.41, 5.74) is 10.7. The van der Waals surface area contributed by atoms with Gasteiger partial charge < -0.3 is 5.73 Å². The Morgan fingerprint density at radius 2 is 1.76 bits per heavy atom. The normalized spacial score (nSPS) is 17.3. The van der Waals surface area contributed by atoms with Crippen LogP contribution in [-0.2, 0) is 31.2 Å². The molecule has 0 bridgehead atoms. The Kier molecular flexibility index (Phi) is 4.19. The maximum atomic E-state index is 6.66. The number of rotatable bonds is 4. The van der Waals surface area contributed by atoms with Gasteiger partial charge in [0.15, 0.2) is 0 Å². The van der Waals surface area contributed by atoms with Crippen LogP contribution in [0.15, 0.2) is 30.3 Å². The lowest BCUT2D eigenvalue weighted by Gasteiger charge is -2.27. The maximum absolute atomic E-state index is 6.66.